The number of primary amides is 1. The molecule has 0 aromatic heterocycles. The Hall–Kier alpha value is -3.98. The van der Waals surface area contributed by atoms with Crippen molar-refractivity contribution in [2.45, 2.75) is 31.0 Å². The first-order valence-corrected chi connectivity index (χ1v) is 11.8. The average Bonchev–Trinajstić information content (AvgIpc) is 2.89. The van der Waals surface area contributed by atoms with E-state index in [0.717, 1.165) is 6.07 Å². The molecule has 36 heavy (non-hydrogen) atoms. The standard InChI is InChI=1S/C12H10.C8H6O4.C7H13BrN2O2/c1-3-7-11(8-4-1)12-9-5-2-6-10-12;9-7(10)5-2-1-3-6(4-5)8(11)12;1-3-7(8,4-2)5(11)10-6(9)12/h1-10H;1-4H,(H,9,10)(H,11,12);3-4H2,1-2H3,(H3,9,10,11,12). The summed E-state index contributed by atoms with van der Waals surface area (Å²) in [5.41, 5.74) is 7.32. The van der Waals surface area contributed by atoms with Crippen LogP contribution in [0, 0.1) is 0 Å². The van der Waals surface area contributed by atoms with Crippen LogP contribution < -0.4 is 11.1 Å². The number of imide groups is 1. The predicted octanol–water partition coefficient (Wildman–Crippen LogP) is 5.57. The number of nitrogens with one attached hydrogen (secondary N) is 1. The summed E-state index contributed by atoms with van der Waals surface area (Å²) in [6.07, 6.45) is 1.23. The molecule has 8 nitrogen and oxygen atoms in total. The molecule has 0 heterocycles. The normalized spacial score (nSPS) is 9.97. The second-order valence-electron chi connectivity index (χ2n) is 7.41. The first kappa shape index (κ1) is 30.1. The Morgan fingerprint density at radius 1 is 0.750 bits per heavy atom. The lowest BCUT2D eigenvalue weighted by Crippen LogP contribution is -2.46. The second kappa shape index (κ2) is 15.1. The number of amides is 3. The maximum Gasteiger partial charge on any atom is 0.335 e. The van der Waals surface area contributed by atoms with Crippen molar-refractivity contribution in [3.8, 4) is 11.1 Å². The highest BCUT2D eigenvalue weighted by atomic mass is 79.9. The third-order valence-corrected chi connectivity index (χ3v) is 6.48. The molecule has 0 saturated heterocycles. The summed E-state index contributed by atoms with van der Waals surface area (Å²) in [7, 11) is 0. The molecule has 0 fully saturated rings. The molecule has 3 amide bonds. The number of hydrogen-bond donors (Lipinski definition) is 4. The molecular weight excluding hydrogens is 528 g/mol. The SMILES string of the molecule is CCC(Br)(CC)C(=O)NC(N)=O.O=C(O)c1cccc(C(=O)O)c1.c1ccc(-c2ccccc2)cc1. The molecule has 9 heteroatoms. The van der Waals surface area contributed by atoms with Gasteiger partial charge in [0.1, 0.15) is 4.32 Å². The minimum atomic E-state index is -1.13. The van der Waals surface area contributed by atoms with E-state index in [-0.39, 0.29) is 17.0 Å². The number of halogens is 1. The van der Waals surface area contributed by atoms with Gasteiger partial charge in [-0.3, -0.25) is 10.1 Å². The van der Waals surface area contributed by atoms with Crippen LogP contribution in [0.15, 0.2) is 84.9 Å². The van der Waals surface area contributed by atoms with Gasteiger partial charge in [0, 0.05) is 0 Å². The fourth-order valence-corrected chi connectivity index (χ4v) is 2.94. The van der Waals surface area contributed by atoms with Crippen LogP contribution in [0.4, 0.5) is 4.79 Å². The van der Waals surface area contributed by atoms with Crippen LogP contribution in [0.5, 0.6) is 0 Å². The van der Waals surface area contributed by atoms with Crippen molar-refractivity contribution >= 4 is 39.8 Å². The van der Waals surface area contributed by atoms with E-state index in [1.807, 2.05) is 31.3 Å². The third kappa shape index (κ3) is 10.1. The van der Waals surface area contributed by atoms with Gasteiger partial charge in [-0.1, -0.05) is 96.5 Å². The molecule has 190 valence electrons. The number of benzene rings is 3. The summed E-state index contributed by atoms with van der Waals surface area (Å²) in [5.74, 6) is -2.63. The molecule has 0 aliphatic carbocycles. The van der Waals surface area contributed by atoms with Gasteiger partial charge in [0.15, 0.2) is 0 Å². The zero-order chi connectivity index (χ0) is 27.1. The third-order valence-electron chi connectivity index (χ3n) is 5.00. The highest BCUT2D eigenvalue weighted by molar-refractivity contribution is 9.10. The topological polar surface area (TPSA) is 147 Å². The minimum Gasteiger partial charge on any atom is -0.478 e. The van der Waals surface area contributed by atoms with Gasteiger partial charge in [0.05, 0.1) is 11.1 Å². The van der Waals surface area contributed by atoms with E-state index in [0.29, 0.717) is 12.8 Å². The highest BCUT2D eigenvalue weighted by Gasteiger charge is 2.32. The molecule has 0 aliphatic heterocycles. The Balaban J connectivity index is 0.000000270. The van der Waals surface area contributed by atoms with Crippen molar-refractivity contribution in [3.63, 3.8) is 0 Å². The van der Waals surface area contributed by atoms with Gasteiger partial charge in [-0.2, -0.15) is 0 Å². The Kier molecular flexibility index (Phi) is 12.6. The number of hydrogen-bond acceptors (Lipinski definition) is 4. The van der Waals surface area contributed by atoms with Crippen molar-refractivity contribution in [2.24, 2.45) is 5.73 Å². The zero-order valence-corrected chi connectivity index (χ0v) is 21.6. The van der Waals surface area contributed by atoms with E-state index >= 15 is 0 Å². The minimum absolute atomic E-state index is 0.0186. The van der Waals surface area contributed by atoms with Crippen LogP contribution in [-0.4, -0.2) is 38.4 Å². The van der Waals surface area contributed by atoms with Gasteiger partial charge < -0.3 is 15.9 Å². The van der Waals surface area contributed by atoms with Gasteiger partial charge in [-0.05, 0) is 42.2 Å². The van der Waals surface area contributed by atoms with Gasteiger partial charge in [-0.25, -0.2) is 14.4 Å². The number of urea groups is 1. The monoisotopic (exact) mass is 556 g/mol. The number of alkyl halides is 1. The van der Waals surface area contributed by atoms with E-state index in [4.69, 9.17) is 15.9 Å². The molecule has 3 aromatic rings. The van der Waals surface area contributed by atoms with E-state index in [9.17, 15) is 19.2 Å². The first-order chi connectivity index (χ1) is 17.0. The summed E-state index contributed by atoms with van der Waals surface area (Å²) in [6.45, 7) is 3.72. The number of aromatic carboxylic acids is 2. The molecule has 0 saturated carbocycles. The fourth-order valence-electron chi connectivity index (χ4n) is 2.84. The number of nitrogens with two attached hydrogens (primary N) is 1. The molecule has 0 spiro atoms. The number of carbonyl (C=O) groups is 4. The Morgan fingerprint density at radius 3 is 1.44 bits per heavy atom. The maximum atomic E-state index is 11.3. The summed E-state index contributed by atoms with van der Waals surface area (Å²) in [4.78, 5) is 42.4. The highest BCUT2D eigenvalue weighted by Crippen LogP contribution is 2.26. The van der Waals surface area contributed by atoms with Crippen LogP contribution in [0.1, 0.15) is 47.4 Å². The van der Waals surface area contributed by atoms with Gasteiger partial charge >= 0.3 is 18.0 Å². The van der Waals surface area contributed by atoms with Gasteiger partial charge in [-0.15, -0.1) is 0 Å². The van der Waals surface area contributed by atoms with Crippen LogP contribution >= 0.6 is 15.9 Å². The molecule has 0 radical (unpaired) electrons. The molecule has 3 rings (SSSR count). The largest absolute Gasteiger partial charge is 0.478 e. The lowest BCUT2D eigenvalue weighted by molar-refractivity contribution is -0.122. The Bertz CT molecular complexity index is 1080. The Labute approximate surface area is 218 Å². The van der Waals surface area contributed by atoms with E-state index < -0.39 is 22.3 Å². The van der Waals surface area contributed by atoms with Gasteiger partial charge in [0.2, 0.25) is 5.91 Å². The maximum absolute atomic E-state index is 11.3. The molecular formula is C27H29BrN2O6. The summed E-state index contributed by atoms with van der Waals surface area (Å²) in [5, 5.41) is 19.0. The smallest absolute Gasteiger partial charge is 0.335 e. The molecule has 0 atom stereocenters. The number of carbonyl (C=O) groups excluding carboxylic acids is 2. The van der Waals surface area contributed by atoms with E-state index in [1.54, 1.807) is 0 Å². The van der Waals surface area contributed by atoms with Crippen LogP contribution in [0.2, 0.25) is 0 Å². The molecule has 3 aromatic carbocycles. The second-order valence-corrected chi connectivity index (χ2v) is 8.93. The summed E-state index contributed by atoms with van der Waals surface area (Å²) < 4.78 is -0.665. The van der Waals surface area contributed by atoms with Crippen molar-refractivity contribution in [3.05, 3.63) is 96.1 Å². The molecule has 0 bridgehead atoms. The number of carboxylic acids is 2. The van der Waals surface area contributed by atoms with Crippen LogP contribution in [0.3, 0.4) is 0 Å². The summed E-state index contributed by atoms with van der Waals surface area (Å²) >= 11 is 3.26. The van der Waals surface area contributed by atoms with Gasteiger partial charge in [0.25, 0.3) is 0 Å². The zero-order valence-electron chi connectivity index (χ0n) is 20.0. The van der Waals surface area contributed by atoms with Crippen LogP contribution in [0.25, 0.3) is 11.1 Å². The molecule has 5 N–H and O–H groups in total. The Morgan fingerprint density at radius 2 is 1.14 bits per heavy atom. The lowest BCUT2D eigenvalue weighted by atomic mass is 10.0. The lowest BCUT2D eigenvalue weighted by Gasteiger charge is -2.21. The number of carboxylic acid groups (broad SMARTS) is 2. The quantitative estimate of drug-likeness (QED) is 0.292. The molecule has 0 unspecified atom stereocenters. The van der Waals surface area contributed by atoms with Crippen LogP contribution in [-0.2, 0) is 4.79 Å². The molecule has 0 aliphatic rings. The van der Waals surface area contributed by atoms with E-state index in [1.165, 1.54) is 29.3 Å². The van der Waals surface area contributed by atoms with Crippen molar-refractivity contribution in [1.29, 1.82) is 0 Å². The van der Waals surface area contributed by atoms with Crippen molar-refractivity contribution in [2.75, 3.05) is 0 Å². The van der Waals surface area contributed by atoms with Crippen molar-refractivity contribution in [1.82, 2.24) is 5.32 Å². The first-order valence-electron chi connectivity index (χ1n) is 11.0. The van der Waals surface area contributed by atoms with Crippen molar-refractivity contribution < 1.29 is 29.4 Å². The predicted molar refractivity (Wildman–Crippen MR) is 142 cm³/mol. The summed E-state index contributed by atoms with van der Waals surface area (Å²) in [6, 6.07) is 25.2. The van der Waals surface area contributed by atoms with E-state index in [2.05, 4.69) is 64.5 Å². The number of rotatable bonds is 6. The fraction of sp³-hybridized carbons (Fsp3) is 0.185. The average molecular weight is 557 g/mol.